The molecule has 4 rings (SSSR count). The van der Waals surface area contributed by atoms with Gasteiger partial charge in [0.25, 0.3) is 5.91 Å². The van der Waals surface area contributed by atoms with Gasteiger partial charge in [-0.05, 0) is 84.7 Å². The number of aromatic nitrogens is 1. The van der Waals surface area contributed by atoms with E-state index in [0.717, 1.165) is 17.5 Å². The van der Waals surface area contributed by atoms with Gasteiger partial charge in [0, 0.05) is 11.1 Å². The summed E-state index contributed by atoms with van der Waals surface area (Å²) < 4.78 is 11.1. The lowest BCUT2D eigenvalue weighted by Gasteiger charge is -2.12. The third-order valence-corrected chi connectivity index (χ3v) is 6.17. The molecule has 6 nitrogen and oxygen atoms in total. The smallest absolute Gasteiger partial charge is 0.257 e. The summed E-state index contributed by atoms with van der Waals surface area (Å²) in [6.07, 6.45) is 1.05. The minimum absolute atomic E-state index is 0.121. The first-order valence-corrected chi connectivity index (χ1v) is 11.6. The van der Waals surface area contributed by atoms with Crippen molar-refractivity contribution in [2.75, 3.05) is 12.4 Å². The Morgan fingerprint density at radius 1 is 1.15 bits per heavy atom. The number of methoxy groups -OCH3 is 1. The van der Waals surface area contributed by atoms with E-state index in [9.17, 15) is 4.79 Å². The van der Waals surface area contributed by atoms with Crippen LogP contribution in [0.2, 0.25) is 5.02 Å². The molecular formula is C26H24ClN3O3S. The number of carbonyl (C=O) groups is 1. The second-order valence-corrected chi connectivity index (χ2v) is 8.70. The molecule has 3 aromatic carbocycles. The van der Waals surface area contributed by atoms with Gasteiger partial charge in [0.05, 0.1) is 17.8 Å². The van der Waals surface area contributed by atoms with Crippen molar-refractivity contribution in [3.05, 3.63) is 76.8 Å². The zero-order chi connectivity index (χ0) is 24.2. The summed E-state index contributed by atoms with van der Waals surface area (Å²) in [6.45, 7) is 4.35. The summed E-state index contributed by atoms with van der Waals surface area (Å²) in [5.41, 5.74) is 4.46. The van der Waals surface area contributed by atoms with Gasteiger partial charge in [-0.3, -0.25) is 10.1 Å². The van der Waals surface area contributed by atoms with E-state index in [1.54, 1.807) is 43.5 Å². The van der Waals surface area contributed by atoms with Crippen molar-refractivity contribution in [2.45, 2.75) is 26.2 Å². The highest BCUT2D eigenvalue weighted by atomic mass is 35.5. The number of nitrogens with one attached hydrogen (secondary N) is 2. The number of benzene rings is 3. The highest BCUT2D eigenvalue weighted by molar-refractivity contribution is 7.80. The molecule has 0 saturated heterocycles. The van der Waals surface area contributed by atoms with E-state index in [1.807, 2.05) is 12.1 Å². The predicted octanol–water partition coefficient (Wildman–Crippen LogP) is 6.80. The van der Waals surface area contributed by atoms with Crippen LogP contribution in [0.15, 0.2) is 65.1 Å². The van der Waals surface area contributed by atoms with Crippen LogP contribution < -0.4 is 15.4 Å². The second kappa shape index (κ2) is 10.2. The summed E-state index contributed by atoms with van der Waals surface area (Å²) in [4.78, 5) is 17.1. The number of rotatable bonds is 6. The molecule has 0 aliphatic heterocycles. The van der Waals surface area contributed by atoms with Crippen LogP contribution in [0.4, 0.5) is 5.69 Å². The molecule has 0 fully saturated rings. The lowest BCUT2D eigenvalue weighted by atomic mass is 9.98. The first-order chi connectivity index (χ1) is 16.4. The first kappa shape index (κ1) is 23.7. The molecule has 0 saturated carbocycles. The standard InChI is InChI=1S/C26H24ClN3O3S/c1-4-15(2)17-8-12-23-22(13-17)28-25(33-23)18-7-11-20(27)21(14-18)29-26(34)30-24(31)16-5-9-19(32-3)10-6-16/h5-15H,4H2,1-3H3,(H2,29,30,31,34)/t15-/m1/s1. The third kappa shape index (κ3) is 5.21. The van der Waals surface area contributed by atoms with Gasteiger partial charge < -0.3 is 14.5 Å². The summed E-state index contributed by atoms with van der Waals surface area (Å²) in [5.74, 6) is 1.24. The fourth-order valence-electron chi connectivity index (χ4n) is 3.44. The van der Waals surface area contributed by atoms with Gasteiger partial charge in [-0.1, -0.05) is 31.5 Å². The monoisotopic (exact) mass is 493 g/mol. The van der Waals surface area contributed by atoms with Crippen LogP contribution in [0.25, 0.3) is 22.6 Å². The number of thiocarbonyl (C=S) groups is 1. The maximum atomic E-state index is 12.5. The summed E-state index contributed by atoms with van der Waals surface area (Å²) in [5, 5.41) is 6.20. The Kier molecular flexibility index (Phi) is 7.14. The van der Waals surface area contributed by atoms with Crippen molar-refractivity contribution in [3.8, 4) is 17.2 Å². The molecule has 174 valence electrons. The van der Waals surface area contributed by atoms with Crippen molar-refractivity contribution >= 4 is 51.6 Å². The number of oxazole rings is 1. The van der Waals surface area contributed by atoms with Gasteiger partial charge in [-0.25, -0.2) is 4.98 Å². The Hall–Kier alpha value is -3.42. The number of ether oxygens (including phenoxy) is 1. The number of anilines is 1. The van der Waals surface area contributed by atoms with E-state index in [0.29, 0.717) is 39.4 Å². The van der Waals surface area contributed by atoms with E-state index in [2.05, 4.69) is 41.6 Å². The van der Waals surface area contributed by atoms with Gasteiger partial charge in [-0.15, -0.1) is 0 Å². The third-order valence-electron chi connectivity index (χ3n) is 5.63. The molecule has 2 N–H and O–H groups in total. The van der Waals surface area contributed by atoms with Crippen LogP contribution in [-0.4, -0.2) is 23.1 Å². The molecule has 1 heterocycles. The summed E-state index contributed by atoms with van der Waals surface area (Å²) >= 11 is 11.7. The van der Waals surface area contributed by atoms with Gasteiger partial charge in [0.15, 0.2) is 10.7 Å². The number of halogens is 1. The lowest BCUT2D eigenvalue weighted by molar-refractivity contribution is 0.0977. The SMILES string of the molecule is CC[C@@H](C)c1ccc2oc(-c3ccc(Cl)c(NC(=S)NC(=O)c4ccc(OC)cc4)c3)nc2c1. The van der Waals surface area contributed by atoms with Crippen LogP contribution in [0.5, 0.6) is 5.75 Å². The van der Waals surface area contributed by atoms with Crippen LogP contribution in [0, 0.1) is 0 Å². The normalized spacial score (nSPS) is 11.8. The fourth-order valence-corrected chi connectivity index (χ4v) is 3.80. The maximum absolute atomic E-state index is 12.5. The Bertz CT molecular complexity index is 1350. The Morgan fingerprint density at radius 2 is 1.91 bits per heavy atom. The van der Waals surface area contributed by atoms with Crippen LogP contribution in [0.3, 0.4) is 0 Å². The van der Waals surface area contributed by atoms with Gasteiger partial charge in [-0.2, -0.15) is 0 Å². The molecule has 34 heavy (non-hydrogen) atoms. The number of carbonyl (C=O) groups excluding carboxylic acids is 1. The van der Waals surface area contributed by atoms with E-state index in [4.69, 9.17) is 33.0 Å². The zero-order valence-corrected chi connectivity index (χ0v) is 20.6. The van der Waals surface area contributed by atoms with Crippen molar-refractivity contribution in [2.24, 2.45) is 0 Å². The molecule has 1 amide bonds. The highest BCUT2D eigenvalue weighted by Gasteiger charge is 2.14. The minimum Gasteiger partial charge on any atom is -0.497 e. The maximum Gasteiger partial charge on any atom is 0.257 e. The van der Waals surface area contributed by atoms with Crippen LogP contribution in [0.1, 0.15) is 42.1 Å². The van der Waals surface area contributed by atoms with E-state index < -0.39 is 0 Å². The Morgan fingerprint density at radius 3 is 2.62 bits per heavy atom. The second-order valence-electron chi connectivity index (χ2n) is 7.89. The molecule has 0 unspecified atom stereocenters. The van der Waals surface area contributed by atoms with Crippen molar-refractivity contribution in [3.63, 3.8) is 0 Å². The van der Waals surface area contributed by atoms with Crippen molar-refractivity contribution in [1.82, 2.24) is 10.3 Å². The zero-order valence-electron chi connectivity index (χ0n) is 19.0. The van der Waals surface area contributed by atoms with Gasteiger partial charge >= 0.3 is 0 Å². The topological polar surface area (TPSA) is 76.4 Å². The number of hydrogen-bond donors (Lipinski definition) is 2. The summed E-state index contributed by atoms with van der Waals surface area (Å²) in [7, 11) is 1.57. The average Bonchev–Trinajstić information content (AvgIpc) is 3.28. The molecule has 1 atom stereocenters. The van der Waals surface area contributed by atoms with E-state index in [1.165, 1.54) is 5.56 Å². The molecule has 4 aromatic rings. The molecule has 0 spiro atoms. The van der Waals surface area contributed by atoms with Gasteiger partial charge in [0.2, 0.25) is 5.89 Å². The van der Waals surface area contributed by atoms with E-state index in [-0.39, 0.29) is 11.0 Å². The molecule has 1 aromatic heterocycles. The lowest BCUT2D eigenvalue weighted by Crippen LogP contribution is -2.34. The molecule has 0 bridgehead atoms. The molecule has 0 aliphatic carbocycles. The van der Waals surface area contributed by atoms with Gasteiger partial charge in [0.1, 0.15) is 11.3 Å². The molecule has 0 aliphatic rings. The quantitative estimate of drug-likeness (QED) is 0.288. The number of nitrogens with zero attached hydrogens (tertiary/aromatic N) is 1. The number of hydrogen-bond acceptors (Lipinski definition) is 5. The largest absolute Gasteiger partial charge is 0.497 e. The first-order valence-electron chi connectivity index (χ1n) is 10.8. The van der Waals surface area contributed by atoms with E-state index >= 15 is 0 Å². The average molecular weight is 494 g/mol. The number of fused-ring (bicyclic) bond motifs is 1. The molecular weight excluding hydrogens is 470 g/mol. The van der Waals surface area contributed by atoms with Crippen molar-refractivity contribution < 1.29 is 13.9 Å². The fraction of sp³-hybridized carbons (Fsp3) is 0.192. The Labute approximate surface area is 208 Å². The highest BCUT2D eigenvalue weighted by Crippen LogP contribution is 2.31. The minimum atomic E-state index is -0.344. The van der Waals surface area contributed by atoms with Crippen LogP contribution in [-0.2, 0) is 0 Å². The molecule has 8 heteroatoms. The van der Waals surface area contributed by atoms with Crippen molar-refractivity contribution in [1.29, 1.82) is 0 Å². The summed E-state index contributed by atoms with van der Waals surface area (Å²) in [6, 6.07) is 18.2. The molecule has 0 radical (unpaired) electrons. The predicted molar refractivity (Wildman–Crippen MR) is 140 cm³/mol. The number of amides is 1. The Balaban J connectivity index is 1.51. The van der Waals surface area contributed by atoms with Crippen LogP contribution >= 0.6 is 23.8 Å².